The first kappa shape index (κ1) is 35.0. The number of amides is 3. The molecule has 0 saturated carbocycles. The molecule has 3 atom stereocenters. The van der Waals surface area contributed by atoms with Crippen LogP contribution >= 0.6 is 11.8 Å². The number of nitrogens with one attached hydrogen (secondary N) is 3. The molecular weight excluding hydrogens is 544 g/mol. The van der Waals surface area contributed by atoms with Crippen LogP contribution in [0, 0.1) is 0 Å². The van der Waals surface area contributed by atoms with Gasteiger partial charge in [0, 0.05) is 30.5 Å². The first-order chi connectivity index (χ1) is 19.7. The van der Waals surface area contributed by atoms with Gasteiger partial charge in [-0.3, -0.25) is 4.79 Å². The third-order valence-corrected chi connectivity index (χ3v) is 7.65. The molecule has 234 valence electrons. The fourth-order valence-electron chi connectivity index (χ4n) is 4.13. The number of nitrogens with two attached hydrogens (primary N) is 1. The molecule has 5 N–H and O–H groups in total. The smallest absolute Gasteiger partial charge is 0.315 e. The number of hydrogen-bond acceptors (Lipinski definition) is 11. The van der Waals surface area contributed by atoms with Crippen LogP contribution in [0.5, 0.6) is 0 Å². The molecule has 3 amide bonds. The number of rotatable bonds is 28. The molecule has 2 rings (SSSR count). The Bertz CT molecular complexity index is 653. The lowest BCUT2D eigenvalue weighted by molar-refractivity contribution is -0.121. The van der Waals surface area contributed by atoms with Gasteiger partial charge < -0.3 is 54.8 Å². The molecule has 0 aromatic carbocycles. The van der Waals surface area contributed by atoms with E-state index in [2.05, 4.69) is 16.0 Å². The standard InChI is InChI=1S/C26H50N4O9S/c27-5-7-33-9-11-35-13-15-37-17-19-39-20-18-38-16-14-36-12-10-34-8-6-28-24(31)4-2-1-3-23-25-22(21-40-23)29-26(32)30-25/h22-23,25H,1-21,27H2,(H,28,31)(H2,29,30,32)/t22-,23-,25-/m1/s1. The van der Waals surface area contributed by atoms with Crippen molar-refractivity contribution < 1.29 is 42.7 Å². The summed E-state index contributed by atoms with van der Waals surface area (Å²) < 4.78 is 37.8. The average Bonchev–Trinajstić information content (AvgIpc) is 3.50. The van der Waals surface area contributed by atoms with Crippen LogP contribution in [0.4, 0.5) is 4.79 Å². The lowest BCUT2D eigenvalue weighted by Crippen LogP contribution is -2.36. The minimum atomic E-state index is -0.0573. The van der Waals surface area contributed by atoms with Gasteiger partial charge in [0.1, 0.15) is 0 Å². The largest absolute Gasteiger partial charge is 0.378 e. The molecule has 0 bridgehead atoms. The second kappa shape index (κ2) is 24.4. The van der Waals surface area contributed by atoms with Crippen molar-refractivity contribution in [2.24, 2.45) is 5.73 Å². The first-order valence-electron chi connectivity index (χ1n) is 14.4. The van der Waals surface area contributed by atoms with Gasteiger partial charge in [-0.2, -0.15) is 11.8 Å². The molecule has 13 nitrogen and oxygen atoms in total. The van der Waals surface area contributed by atoms with Crippen LogP contribution in [0.2, 0.25) is 0 Å². The molecule has 0 aliphatic carbocycles. The van der Waals surface area contributed by atoms with E-state index in [-0.39, 0.29) is 24.0 Å². The maximum Gasteiger partial charge on any atom is 0.315 e. The van der Waals surface area contributed by atoms with Crippen LogP contribution in [0.15, 0.2) is 0 Å². The van der Waals surface area contributed by atoms with E-state index in [9.17, 15) is 9.59 Å². The molecular formula is C26H50N4O9S. The number of urea groups is 1. The third-order valence-electron chi connectivity index (χ3n) is 6.14. The zero-order valence-corrected chi connectivity index (χ0v) is 24.6. The Balaban J connectivity index is 1.21. The van der Waals surface area contributed by atoms with E-state index in [4.69, 9.17) is 38.9 Å². The van der Waals surface area contributed by atoms with E-state index in [1.807, 2.05) is 11.8 Å². The van der Waals surface area contributed by atoms with Gasteiger partial charge in [-0.1, -0.05) is 6.42 Å². The van der Waals surface area contributed by atoms with E-state index < -0.39 is 0 Å². The zero-order chi connectivity index (χ0) is 28.5. The van der Waals surface area contributed by atoms with Gasteiger partial charge in [0.25, 0.3) is 0 Å². The predicted molar refractivity (Wildman–Crippen MR) is 152 cm³/mol. The molecule has 2 saturated heterocycles. The van der Waals surface area contributed by atoms with Crippen molar-refractivity contribution in [2.75, 3.05) is 111 Å². The zero-order valence-electron chi connectivity index (χ0n) is 23.7. The lowest BCUT2D eigenvalue weighted by Gasteiger charge is -2.16. The summed E-state index contributed by atoms with van der Waals surface area (Å²) in [7, 11) is 0. The molecule has 2 heterocycles. The Labute approximate surface area is 242 Å². The molecule has 14 heteroatoms. The number of carbonyl (C=O) groups is 2. The van der Waals surface area contributed by atoms with Crippen molar-refractivity contribution in [1.82, 2.24) is 16.0 Å². The first-order valence-corrected chi connectivity index (χ1v) is 15.4. The summed E-state index contributed by atoms with van der Waals surface area (Å²) in [6.07, 6.45) is 3.36. The maximum atomic E-state index is 12.0. The maximum absolute atomic E-state index is 12.0. The average molecular weight is 595 g/mol. The normalized spacial score (nSPS) is 19.9. The molecule has 0 unspecified atom stereocenters. The highest BCUT2D eigenvalue weighted by atomic mass is 32.2. The van der Waals surface area contributed by atoms with Crippen LogP contribution in [0.25, 0.3) is 0 Å². The van der Waals surface area contributed by atoms with E-state index in [0.717, 1.165) is 25.0 Å². The molecule has 40 heavy (non-hydrogen) atoms. The second-order valence-electron chi connectivity index (χ2n) is 9.29. The van der Waals surface area contributed by atoms with E-state index in [1.54, 1.807) is 0 Å². The van der Waals surface area contributed by atoms with Crippen LogP contribution in [0.1, 0.15) is 25.7 Å². The van der Waals surface area contributed by atoms with Gasteiger partial charge in [-0.25, -0.2) is 4.79 Å². The monoisotopic (exact) mass is 594 g/mol. The molecule has 2 aliphatic rings. The Morgan fingerprint density at radius 1 is 0.750 bits per heavy atom. The van der Waals surface area contributed by atoms with Crippen LogP contribution in [-0.2, 0) is 38.0 Å². The summed E-state index contributed by atoms with van der Waals surface area (Å²) in [4.78, 5) is 23.4. The molecule has 0 spiro atoms. The SMILES string of the molecule is NCCOCCOCCOCCOCCOCCOCCOCCNC(=O)CCCC[C@H]1SC[C@H]2NC(=O)N[C@H]21. The van der Waals surface area contributed by atoms with Gasteiger partial charge in [0.05, 0.1) is 105 Å². The predicted octanol–water partition coefficient (Wildman–Crippen LogP) is -0.0967. The fraction of sp³-hybridized carbons (Fsp3) is 0.923. The van der Waals surface area contributed by atoms with Gasteiger partial charge in [0.15, 0.2) is 0 Å². The van der Waals surface area contributed by atoms with E-state index >= 15 is 0 Å². The summed E-state index contributed by atoms with van der Waals surface area (Å²) in [6.45, 7) is 8.13. The van der Waals surface area contributed by atoms with Crippen molar-refractivity contribution in [3.05, 3.63) is 0 Å². The number of carbonyl (C=O) groups excluding carboxylic acids is 2. The summed E-state index contributed by atoms with van der Waals surface area (Å²) >= 11 is 1.90. The van der Waals surface area contributed by atoms with Crippen LogP contribution in [-0.4, -0.2) is 141 Å². The number of thioether (sulfide) groups is 1. The lowest BCUT2D eigenvalue weighted by atomic mass is 10.0. The van der Waals surface area contributed by atoms with Crippen molar-refractivity contribution >= 4 is 23.7 Å². The highest BCUT2D eigenvalue weighted by Gasteiger charge is 2.42. The molecule has 0 radical (unpaired) electrons. The van der Waals surface area contributed by atoms with Gasteiger partial charge in [0.2, 0.25) is 5.91 Å². The van der Waals surface area contributed by atoms with Crippen molar-refractivity contribution in [1.29, 1.82) is 0 Å². The van der Waals surface area contributed by atoms with E-state index in [0.29, 0.717) is 117 Å². The van der Waals surface area contributed by atoms with Crippen molar-refractivity contribution in [3.63, 3.8) is 0 Å². The highest BCUT2D eigenvalue weighted by Crippen LogP contribution is 2.33. The number of fused-ring (bicyclic) bond motifs is 1. The van der Waals surface area contributed by atoms with Crippen molar-refractivity contribution in [2.45, 2.75) is 43.0 Å². The summed E-state index contributed by atoms with van der Waals surface area (Å²) in [5.74, 6) is 1.01. The topological polar surface area (TPSA) is 161 Å². The number of ether oxygens (including phenoxy) is 7. The molecule has 2 fully saturated rings. The summed E-state index contributed by atoms with van der Waals surface area (Å²) in [6, 6.07) is 0.423. The molecule has 2 aliphatic heterocycles. The Hall–Kier alpha value is -1.23. The Kier molecular flexibility index (Phi) is 21.3. The second-order valence-corrected chi connectivity index (χ2v) is 10.6. The molecule has 0 aromatic rings. The van der Waals surface area contributed by atoms with E-state index in [1.165, 1.54) is 0 Å². The summed E-state index contributed by atoms with van der Waals surface area (Å²) in [5.41, 5.74) is 5.32. The number of hydrogen-bond donors (Lipinski definition) is 4. The highest BCUT2D eigenvalue weighted by molar-refractivity contribution is 8.00. The third kappa shape index (κ3) is 17.6. The van der Waals surface area contributed by atoms with Crippen LogP contribution in [0.3, 0.4) is 0 Å². The quantitative estimate of drug-likeness (QED) is 0.0708. The van der Waals surface area contributed by atoms with Crippen molar-refractivity contribution in [3.8, 4) is 0 Å². The van der Waals surface area contributed by atoms with Gasteiger partial charge in [-0.05, 0) is 12.8 Å². The Morgan fingerprint density at radius 3 is 1.77 bits per heavy atom. The Morgan fingerprint density at radius 2 is 1.25 bits per heavy atom. The number of unbranched alkanes of at least 4 members (excludes halogenated alkanes) is 1. The minimum Gasteiger partial charge on any atom is -0.378 e. The van der Waals surface area contributed by atoms with Gasteiger partial charge >= 0.3 is 6.03 Å². The fourth-order valence-corrected chi connectivity index (χ4v) is 5.67. The summed E-state index contributed by atoms with van der Waals surface area (Å²) in [5, 5.41) is 9.28. The van der Waals surface area contributed by atoms with Crippen LogP contribution < -0.4 is 21.7 Å². The molecule has 0 aromatic heterocycles. The van der Waals surface area contributed by atoms with Gasteiger partial charge in [-0.15, -0.1) is 0 Å². The minimum absolute atomic E-state index is 0.0483.